The first kappa shape index (κ1) is 19.4. The van der Waals surface area contributed by atoms with Crippen LogP contribution in [0.15, 0.2) is 24.3 Å². The number of likely N-dealkylation sites (tertiary alicyclic amines) is 1. The summed E-state index contributed by atoms with van der Waals surface area (Å²) in [5.74, 6) is 1.27. The number of rotatable bonds is 4. The number of hydrogen-bond acceptors (Lipinski definition) is 3. The van der Waals surface area contributed by atoms with Gasteiger partial charge in [0.25, 0.3) is 5.91 Å². The van der Waals surface area contributed by atoms with Crippen LogP contribution in [-0.2, 0) is 11.2 Å². The van der Waals surface area contributed by atoms with Gasteiger partial charge in [0.1, 0.15) is 0 Å². The predicted octanol–water partition coefficient (Wildman–Crippen LogP) is 2.65. The van der Waals surface area contributed by atoms with Crippen LogP contribution in [0.5, 0.6) is 0 Å². The van der Waals surface area contributed by atoms with E-state index in [1.54, 1.807) is 0 Å². The van der Waals surface area contributed by atoms with E-state index in [0.717, 1.165) is 50.9 Å². The SMILES string of the molecule is CCc1ccc(C(=O)N2C[C@H]3C[C@@H](C2)[C@H](CN(C)C)N2C(=O)CCC[C@@H]32)cc1. The highest BCUT2D eigenvalue weighted by molar-refractivity contribution is 5.94. The molecule has 3 aliphatic heterocycles. The highest BCUT2D eigenvalue weighted by Crippen LogP contribution is 2.42. The lowest BCUT2D eigenvalue weighted by atomic mass is 9.72. The molecule has 0 aromatic heterocycles. The molecule has 0 spiro atoms. The van der Waals surface area contributed by atoms with Crippen LogP contribution in [0.25, 0.3) is 0 Å². The Morgan fingerprint density at radius 2 is 1.86 bits per heavy atom. The second kappa shape index (κ2) is 7.86. The van der Waals surface area contributed by atoms with E-state index in [2.05, 4.69) is 47.9 Å². The molecule has 28 heavy (non-hydrogen) atoms. The van der Waals surface area contributed by atoms with Crippen molar-refractivity contribution in [2.24, 2.45) is 11.8 Å². The standard InChI is InChI=1S/C23H33N3O2/c1-4-16-8-10-17(11-9-16)23(28)25-13-18-12-19(14-25)21(15-24(2)3)26-20(18)6-5-7-22(26)27/h8-11,18-21H,4-7,12-15H2,1-3H3/t18-,19+,20+,21+/m1/s1. The van der Waals surface area contributed by atoms with E-state index < -0.39 is 0 Å². The number of benzene rings is 1. The Bertz CT molecular complexity index is 730. The van der Waals surface area contributed by atoms with Gasteiger partial charge in [-0.15, -0.1) is 0 Å². The second-order valence-corrected chi connectivity index (χ2v) is 9.11. The van der Waals surface area contributed by atoms with E-state index in [0.29, 0.717) is 30.2 Å². The Labute approximate surface area is 168 Å². The van der Waals surface area contributed by atoms with Crippen molar-refractivity contribution in [2.75, 3.05) is 33.7 Å². The summed E-state index contributed by atoms with van der Waals surface area (Å²) in [6.07, 6.45) is 4.89. The molecule has 0 N–H and O–H groups in total. The molecule has 1 aromatic rings. The summed E-state index contributed by atoms with van der Waals surface area (Å²) in [5, 5.41) is 0. The normalized spacial score (nSPS) is 29.8. The van der Waals surface area contributed by atoms with E-state index >= 15 is 0 Å². The Morgan fingerprint density at radius 1 is 1.14 bits per heavy atom. The van der Waals surface area contributed by atoms with Crippen molar-refractivity contribution in [2.45, 2.75) is 51.1 Å². The zero-order chi connectivity index (χ0) is 19.8. The molecular weight excluding hydrogens is 350 g/mol. The number of hydrogen-bond donors (Lipinski definition) is 0. The zero-order valence-corrected chi connectivity index (χ0v) is 17.4. The first-order chi connectivity index (χ1) is 13.5. The number of fused-ring (bicyclic) bond motifs is 4. The van der Waals surface area contributed by atoms with Crippen molar-refractivity contribution < 1.29 is 9.59 Å². The molecule has 0 saturated carbocycles. The van der Waals surface area contributed by atoms with Crippen LogP contribution in [0.3, 0.4) is 0 Å². The average Bonchev–Trinajstić information content (AvgIpc) is 2.70. The fraction of sp³-hybridized carbons (Fsp3) is 0.652. The minimum atomic E-state index is 0.150. The van der Waals surface area contributed by atoms with Gasteiger partial charge < -0.3 is 14.7 Å². The van der Waals surface area contributed by atoms with E-state index in [-0.39, 0.29) is 11.9 Å². The average molecular weight is 384 g/mol. The van der Waals surface area contributed by atoms with E-state index in [1.807, 2.05) is 12.1 Å². The third kappa shape index (κ3) is 3.57. The lowest BCUT2D eigenvalue weighted by Crippen LogP contribution is -2.67. The van der Waals surface area contributed by atoms with Gasteiger partial charge in [0.05, 0.1) is 0 Å². The number of aryl methyl sites for hydroxylation is 1. The van der Waals surface area contributed by atoms with Crippen molar-refractivity contribution in [3.8, 4) is 0 Å². The third-order valence-corrected chi connectivity index (χ3v) is 6.95. The maximum Gasteiger partial charge on any atom is 0.253 e. The summed E-state index contributed by atoms with van der Waals surface area (Å²) in [5.41, 5.74) is 2.05. The van der Waals surface area contributed by atoms with Crippen LogP contribution in [0.4, 0.5) is 0 Å². The molecule has 0 aliphatic carbocycles. The Kier molecular flexibility index (Phi) is 5.46. The van der Waals surface area contributed by atoms with Crippen molar-refractivity contribution >= 4 is 11.8 Å². The summed E-state index contributed by atoms with van der Waals surface area (Å²) in [6.45, 7) is 4.56. The number of nitrogens with zero attached hydrogens (tertiary/aromatic N) is 3. The third-order valence-electron chi connectivity index (χ3n) is 6.95. The molecule has 2 amide bonds. The predicted molar refractivity (Wildman–Crippen MR) is 110 cm³/mol. The van der Waals surface area contributed by atoms with Gasteiger partial charge in [-0.05, 0) is 69.3 Å². The van der Waals surface area contributed by atoms with Crippen LogP contribution in [0, 0.1) is 11.8 Å². The number of piperidine rings is 3. The molecule has 5 nitrogen and oxygen atoms in total. The van der Waals surface area contributed by atoms with E-state index in [1.165, 1.54) is 5.56 Å². The summed E-state index contributed by atoms with van der Waals surface area (Å²) in [6, 6.07) is 8.60. The fourth-order valence-electron chi connectivity index (χ4n) is 5.62. The second-order valence-electron chi connectivity index (χ2n) is 9.11. The lowest BCUT2D eigenvalue weighted by molar-refractivity contribution is -0.152. The maximum absolute atomic E-state index is 13.2. The van der Waals surface area contributed by atoms with Crippen molar-refractivity contribution in [3.63, 3.8) is 0 Å². The summed E-state index contributed by atoms with van der Waals surface area (Å²) in [7, 11) is 4.16. The van der Waals surface area contributed by atoms with Gasteiger partial charge in [-0.25, -0.2) is 0 Å². The Morgan fingerprint density at radius 3 is 2.54 bits per heavy atom. The topological polar surface area (TPSA) is 43.9 Å². The first-order valence-corrected chi connectivity index (χ1v) is 10.8. The van der Waals surface area contributed by atoms with Gasteiger partial charge in [0.15, 0.2) is 0 Å². The molecule has 4 rings (SSSR count). The molecule has 0 radical (unpaired) electrons. The minimum Gasteiger partial charge on any atom is -0.338 e. The zero-order valence-electron chi connectivity index (χ0n) is 17.4. The minimum absolute atomic E-state index is 0.150. The van der Waals surface area contributed by atoms with Crippen LogP contribution in [0.2, 0.25) is 0 Å². The van der Waals surface area contributed by atoms with Gasteiger partial charge >= 0.3 is 0 Å². The molecule has 3 aliphatic rings. The first-order valence-electron chi connectivity index (χ1n) is 10.8. The quantitative estimate of drug-likeness (QED) is 0.803. The van der Waals surface area contributed by atoms with Crippen molar-refractivity contribution in [1.29, 1.82) is 0 Å². The Balaban J connectivity index is 1.57. The molecule has 5 heteroatoms. The van der Waals surface area contributed by atoms with Crippen LogP contribution < -0.4 is 0 Å². The molecule has 152 valence electrons. The molecule has 1 aromatic carbocycles. The van der Waals surface area contributed by atoms with Gasteiger partial charge in [0.2, 0.25) is 5.91 Å². The Hall–Kier alpha value is -1.88. The summed E-state index contributed by atoms with van der Waals surface area (Å²) >= 11 is 0. The van der Waals surface area contributed by atoms with Crippen molar-refractivity contribution in [1.82, 2.24) is 14.7 Å². The molecule has 3 fully saturated rings. The van der Waals surface area contributed by atoms with Gasteiger partial charge in [-0.1, -0.05) is 19.1 Å². The highest BCUT2D eigenvalue weighted by Gasteiger charge is 2.50. The highest BCUT2D eigenvalue weighted by atomic mass is 16.2. The lowest BCUT2D eigenvalue weighted by Gasteiger charge is -2.57. The largest absolute Gasteiger partial charge is 0.338 e. The van der Waals surface area contributed by atoms with Gasteiger partial charge in [0, 0.05) is 43.7 Å². The summed E-state index contributed by atoms with van der Waals surface area (Å²) < 4.78 is 0. The van der Waals surface area contributed by atoms with Crippen LogP contribution >= 0.6 is 0 Å². The maximum atomic E-state index is 13.2. The number of amides is 2. The van der Waals surface area contributed by atoms with E-state index in [4.69, 9.17) is 0 Å². The van der Waals surface area contributed by atoms with Crippen molar-refractivity contribution in [3.05, 3.63) is 35.4 Å². The number of likely N-dealkylation sites (N-methyl/N-ethyl adjacent to an activating group) is 1. The molecule has 3 saturated heterocycles. The molecular formula is C23H33N3O2. The molecule has 0 unspecified atom stereocenters. The smallest absolute Gasteiger partial charge is 0.253 e. The van der Waals surface area contributed by atoms with Crippen LogP contribution in [0.1, 0.15) is 48.5 Å². The fourth-order valence-corrected chi connectivity index (χ4v) is 5.62. The number of carbonyl (C=O) groups is 2. The molecule has 4 atom stereocenters. The van der Waals surface area contributed by atoms with Gasteiger partial charge in [-0.3, -0.25) is 9.59 Å². The molecule has 3 heterocycles. The van der Waals surface area contributed by atoms with E-state index in [9.17, 15) is 9.59 Å². The van der Waals surface area contributed by atoms with Gasteiger partial charge in [-0.2, -0.15) is 0 Å². The number of carbonyl (C=O) groups excluding carboxylic acids is 2. The summed E-state index contributed by atoms with van der Waals surface area (Å²) in [4.78, 5) is 32.5. The monoisotopic (exact) mass is 383 g/mol. The molecule has 2 bridgehead atoms. The van der Waals surface area contributed by atoms with Crippen LogP contribution in [-0.4, -0.2) is 72.3 Å².